The molecule has 0 aliphatic rings. The monoisotopic (exact) mass is 336 g/mol. The first-order chi connectivity index (χ1) is 8.20. The maximum Gasteiger partial charge on any atom is 0.261 e. The summed E-state index contributed by atoms with van der Waals surface area (Å²) in [6, 6.07) is 8.77. The lowest BCUT2D eigenvalue weighted by atomic mass is 10.2. The molecule has 82 valence electrons. The van der Waals surface area contributed by atoms with Crippen molar-refractivity contribution >= 4 is 39.4 Å². The SMILES string of the molecule is N#Cc1ccn2nc3c(ccc(=O)n3I)c2c1. The van der Waals surface area contributed by atoms with Gasteiger partial charge in [0.05, 0.1) is 40.0 Å². The van der Waals surface area contributed by atoms with Crippen LogP contribution in [0.2, 0.25) is 0 Å². The molecule has 3 aromatic heterocycles. The van der Waals surface area contributed by atoms with Crippen molar-refractivity contribution in [3.05, 3.63) is 46.4 Å². The van der Waals surface area contributed by atoms with Crippen molar-refractivity contribution in [2.45, 2.75) is 0 Å². The van der Waals surface area contributed by atoms with Crippen molar-refractivity contribution in [3.63, 3.8) is 0 Å². The smallest absolute Gasteiger partial charge is 0.261 e. The molecule has 0 N–H and O–H groups in total. The van der Waals surface area contributed by atoms with E-state index in [-0.39, 0.29) is 5.56 Å². The van der Waals surface area contributed by atoms with E-state index in [0.717, 1.165) is 10.9 Å². The van der Waals surface area contributed by atoms with Crippen LogP contribution in [0.25, 0.3) is 16.6 Å². The Labute approximate surface area is 109 Å². The Morgan fingerprint density at radius 2 is 2.18 bits per heavy atom. The maximum absolute atomic E-state index is 11.5. The van der Waals surface area contributed by atoms with E-state index in [9.17, 15) is 4.79 Å². The molecule has 0 amide bonds. The fourth-order valence-corrected chi connectivity index (χ4v) is 2.27. The quantitative estimate of drug-likeness (QED) is 0.587. The molecule has 0 radical (unpaired) electrons. The zero-order chi connectivity index (χ0) is 12.0. The number of rotatable bonds is 0. The van der Waals surface area contributed by atoms with Crippen LogP contribution in [0.5, 0.6) is 0 Å². The Morgan fingerprint density at radius 1 is 1.35 bits per heavy atom. The summed E-state index contributed by atoms with van der Waals surface area (Å²) in [4.78, 5) is 11.5. The molecule has 0 saturated carbocycles. The molecule has 3 rings (SSSR count). The Bertz CT molecular complexity index is 840. The predicted octanol–water partition coefficient (Wildman–Crippen LogP) is 1.72. The molecule has 0 aromatic carbocycles. The van der Waals surface area contributed by atoms with Gasteiger partial charge in [0.1, 0.15) is 0 Å². The Hall–Kier alpha value is -1.88. The average Bonchev–Trinajstić information content (AvgIpc) is 2.72. The molecule has 0 unspecified atom stereocenters. The van der Waals surface area contributed by atoms with Gasteiger partial charge in [-0.2, -0.15) is 5.26 Å². The normalized spacial score (nSPS) is 10.8. The molecule has 0 spiro atoms. The third-order valence-electron chi connectivity index (χ3n) is 2.55. The predicted molar refractivity (Wildman–Crippen MR) is 71.1 cm³/mol. The molecule has 0 aliphatic carbocycles. The molecule has 17 heavy (non-hydrogen) atoms. The summed E-state index contributed by atoms with van der Waals surface area (Å²) in [5.41, 5.74) is 1.89. The lowest BCUT2D eigenvalue weighted by Gasteiger charge is -1.93. The van der Waals surface area contributed by atoms with E-state index in [1.807, 2.05) is 22.9 Å². The van der Waals surface area contributed by atoms with Gasteiger partial charge in [0.15, 0.2) is 5.65 Å². The molecular weight excluding hydrogens is 331 g/mol. The summed E-state index contributed by atoms with van der Waals surface area (Å²) in [5, 5.41) is 14.0. The molecule has 3 heterocycles. The van der Waals surface area contributed by atoms with E-state index in [1.54, 1.807) is 28.9 Å². The lowest BCUT2D eigenvalue weighted by molar-refractivity contribution is 0.964. The number of nitriles is 1. The van der Waals surface area contributed by atoms with Gasteiger partial charge < -0.3 is 0 Å². The van der Waals surface area contributed by atoms with Crippen LogP contribution >= 0.6 is 22.9 Å². The molecule has 0 aliphatic heterocycles. The van der Waals surface area contributed by atoms with Crippen molar-refractivity contribution in [1.82, 2.24) is 12.4 Å². The molecule has 0 atom stereocenters. The zero-order valence-corrected chi connectivity index (χ0v) is 10.6. The Morgan fingerprint density at radius 3 is 2.94 bits per heavy atom. The van der Waals surface area contributed by atoms with Gasteiger partial charge >= 0.3 is 0 Å². The molecule has 6 heteroatoms. The fraction of sp³-hybridized carbons (Fsp3) is 0. The highest BCUT2D eigenvalue weighted by Gasteiger charge is 2.09. The van der Waals surface area contributed by atoms with Crippen LogP contribution < -0.4 is 5.56 Å². The average molecular weight is 336 g/mol. The maximum atomic E-state index is 11.5. The molecule has 0 fully saturated rings. The van der Waals surface area contributed by atoms with Gasteiger partial charge in [-0.3, -0.25) is 4.79 Å². The second-order valence-corrected chi connectivity index (χ2v) is 4.51. The van der Waals surface area contributed by atoms with Gasteiger partial charge in [0.2, 0.25) is 0 Å². The van der Waals surface area contributed by atoms with E-state index in [2.05, 4.69) is 11.2 Å². The summed E-state index contributed by atoms with van der Waals surface area (Å²) in [7, 11) is 0. The largest absolute Gasteiger partial charge is 0.269 e. The third-order valence-corrected chi connectivity index (χ3v) is 3.49. The first kappa shape index (κ1) is 10.3. The van der Waals surface area contributed by atoms with Gasteiger partial charge in [0, 0.05) is 17.6 Å². The van der Waals surface area contributed by atoms with Gasteiger partial charge in [-0.05, 0) is 18.2 Å². The minimum absolute atomic E-state index is 0.109. The number of hydrogen-bond donors (Lipinski definition) is 0. The van der Waals surface area contributed by atoms with E-state index < -0.39 is 0 Å². The number of pyridine rings is 2. The summed E-state index contributed by atoms with van der Waals surface area (Å²) in [6.07, 6.45) is 1.72. The van der Waals surface area contributed by atoms with Crippen LogP contribution in [0.1, 0.15) is 5.56 Å². The van der Waals surface area contributed by atoms with Crippen molar-refractivity contribution < 1.29 is 0 Å². The van der Waals surface area contributed by atoms with Crippen LogP contribution in [-0.2, 0) is 0 Å². The highest BCUT2D eigenvalue weighted by Crippen LogP contribution is 2.19. The van der Waals surface area contributed by atoms with E-state index in [0.29, 0.717) is 11.2 Å². The van der Waals surface area contributed by atoms with Gasteiger partial charge in [-0.1, -0.05) is 0 Å². The van der Waals surface area contributed by atoms with Crippen molar-refractivity contribution in [2.75, 3.05) is 0 Å². The van der Waals surface area contributed by atoms with Crippen molar-refractivity contribution in [3.8, 4) is 6.07 Å². The zero-order valence-electron chi connectivity index (χ0n) is 8.46. The second-order valence-electron chi connectivity index (χ2n) is 3.55. The molecule has 0 saturated heterocycles. The van der Waals surface area contributed by atoms with Gasteiger partial charge in [-0.15, -0.1) is 5.10 Å². The molecule has 3 aromatic rings. The number of hydrogen-bond acceptors (Lipinski definition) is 3. The first-order valence-corrected chi connectivity index (χ1v) is 5.77. The fourth-order valence-electron chi connectivity index (χ4n) is 1.75. The van der Waals surface area contributed by atoms with Crippen LogP contribution in [0, 0.1) is 11.3 Å². The third kappa shape index (κ3) is 1.43. The number of nitrogens with zero attached hydrogens (tertiary/aromatic N) is 4. The van der Waals surface area contributed by atoms with Crippen LogP contribution in [0.3, 0.4) is 0 Å². The van der Waals surface area contributed by atoms with Crippen molar-refractivity contribution in [2.24, 2.45) is 0 Å². The number of fused-ring (bicyclic) bond motifs is 3. The van der Waals surface area contributed by atoms with Crippen LogP contribution in [0.15, 0.2) is 35.3 Å². The molecular formula is C11H5IN4O. The van der Waals surface area contributed by atoms with E-state index >= 15 is 0 Å². The highest BCUT2D eigenvalue weighted by atomic mass is 127. The highest BCUT2D eigenvalue weighted by molar-refractivity contribution is 14.1. The Balaban J connectivity index is 2.56. The topological polar surface area (TPSA) is 63.1 Å². The minimum atomic E-state index is -0.109. The minimum Gasteiger partial charge on any atom is -0.269 e. The number of aromatic nitrogens is 3. The van der Waals surface area contributed by atoms with Crippen LogP contribution in [-0.4, -0.2) is 12.4 Å². The summed E-state index contributed by atoms with van der Waals surface area (Å²) < 4.78 is 3.13. The van der Waals surface area contributed by atoms with Crippen LogP contribution in [0.4, 0.5) is 0 Å². The first-order valence-electron chi connectivity index (χ1n) is 4.81. The van der Waals surface area contributed by atoms with E-state index in [4.69, 9.17) is 5.26 Å². The van der Waals surface area contributed by atoms with Gasteiger partial charge in [0.25, 0.3) is 5.56 Å². The lowest BCUT2D eigenvalue weighted by Crippen LogP contribution is -2.09. The summed E-state index contributed by atoms with van der Waals surface area (Å²) >= 11 is 1.92. The number of halogens is 1. The van der Waals surface area contributed by atoms with Crippen molar-refractivity contribution in [1.29, 1.82) is 5.26 Å². The second kappa shape index (κ2) is 3.56. The summed E-state index contributed by atoms with van der Waals surface area (Å²) in [6.45, 7) is 0. The van der Waals surface area contributed by atoms with Gasteiger partial charge in [-0.25, -0.2) is 7.30 Å². The molecule has 0 bridgehead atoms. The standard InChI is InChI=1S/C11H5IN4O/c12-16-10(17)2-1-8-9-5-7(6-13)3-4-15(9)14-11(8)16/h1-5H. The van der Waals surface area contributed by atoms with E-state index in [1.165, 1.54) is 8.85 Å². The summed E-state index contributed by atoms with van der Waals surface area (Å²) in [5.74, 6) is 0. The molecule has 5 nitrogen and oxygen atoms in total. The Kier molecular flexibility index (Phi) is 2.16.